The van der Waals surface area contributed by atoms with Crippen molar-refractivity contribution >= 4 is 58.2 Å². The monoisotopic (exact) mass is 446 g/mol. The molecule has 0 fully saturated rings. The molecule has 0 radical (unpaired) electrons. The van der Waals surface area contributed by atoms with Crippen LogP contribution in [0.4, 0.5) is 0 Å². The number of carbonyl (C=O) groups is 2. The van der Waals surface area contributed by atoms with Gasteiger partial charge in [0.1, 0.15) is 0 Å². The highest BCUT2D eigenvalue weighted by atomic mass is 35.5. The number of hydrogen-bond acceptors (Lipinski definition) is 2. The van der Waals surface area contributed by atoms with E-state index in [1.165, 1.54) is 0 Å². The minimum atomic E-state index is -0.438. The van der Waals surface area contributed by atoms with Gasteiger partial charge in [0.25, 0.3) is 11.8 Å². The van der Waals surface area contributed by atoms with Gasteiger partial charge in [0.05, 0.1) is 31.2 Å². The van der Waals surface area contributed by atoms with Crippen LogP contribution in [0.3, 0.4) is 0 Å². The van der Waals surface area contributed by atoms with Gasteiger partial charge < -0.3 is 10.6 Å². The van der Waals surface area contributed by atoms with Gasteiger partial charge >= 0.3 is 0 Å². The first-order valence-corrected chi connectivity index (χ1v) is 9.58. The van der Waals surface area contributed by atoms with Crippen LogP contribution in [-0.2, 0) is 0 Å². The Bertz CT molecular complexity index is 759. The second-order valence-electron chi connectivity index (χ2n) is 6.72. The van der Waals surface area contributed by atoms with Crippen LogP contribution in [0.15, 0.2) is 36.4 Å². The maximum atomic E-state index is 12.4. The third-order valence-electron chi connectivity index (χ3n) is 3.83. The number of amides is 2. The van der Waals surface area contributed by atoms with E-state index in [4.69, 9.17) is 46.4 Å². The third kappa shape index (κ3) is 5.76. The van der Waals surface area contributed by atoms with E-state index in [1.807, 2.05) is 13.8 Å². The largest absolute Gasteiger partial charge is 0.351 e. The van der Waals surface area contributed by atoms with E-state index in [1.54, 1.807) is 36.4 Å². The van der Waals surface area contributed by atoms with E-state index in [9.17, 15) is 9.59 Å². The molecule has 8 heteroatoms. The van der Waals surface area contributed by atoms with Gasteiger partial charge in [0.2, 0.25) is 0 Å². The molecule has 0 atom stereocenters. The standard InChI is InChI=1S/C19H18Cl4N2O2/c1-19(2,9-24-17(26)15-11(20)5-3-6-12(15)21)10-25-18(27)16-13(22)7-4-8-14(16)23/h3-8H,9-10H2,1-2H3,(H,24,26)(H,25,27). The van der Waals surface area contributed by atoms with Crippen molar-refractivity contribution in [1.82, 2.24) is 10.6 Å². The lowest BCUT2D eigenvalue weighted by Crippen LogP contribution is -2.42. The van der Waals surface area contributed by atoms with Gasteiger partial charge in [0, 0.05) is 13.1 Å². The van der Waals surface area contributed by atoms with Crippen molar-refractivity contribution in [3.63, 3.8) is 0 Å². The Kier molecular flexibility index (Phi) is 7.40. The van der Waals surface area contributed by atoms with Crippen LogP contribution in [0.2, 0.25) is 20.1 Å². The smallest absolute Gasteiger partial charge is 0.254 e. The lowest BCUT2D eigenvalue weighted by molar-refractivity contribution is 0.0920. The molecule has 0 spiro atoms. The first-order chi connectivity index (χ1) is 12.6. The molecule has 2 N–H and O–H groups in total. The number of carbonyl (C=O) groups excluding carboxylic acids is 2. The number of halogens is 4. The van der Waals surface area contributed by atoms with E-state index in [-0.39, 0.29) is 43.0 Å². The van der Waals surface area contributed by atoms with Crippen molar-refractivity contribution in [3.8, 4) is 0 Å². The lowest BCUT2D eigenvalue weighted by Gasteiger charge is -2.25. The average Bonchev–Trinajstić information content (AvgIpc) is 2.58. The average molecular weight is 448 g/mol. The fourth-order valence-corrected chi connectivity index (χ4v) is 3.45. The maximum absolute atomic E-state index is 12.4. The van der Waals surface area contributed by atoms with Crippen LogP contribution < -0.4 is 10.6 Å². The Labute approximate surface area is 178 Å². The number of hydrogen-bond donors (Lipinski definition) is 2. The maximum Gasteiger partial charge on any atom is 0.254 e. The zero-order chi connectivity index (χ0) is 20.2. The summed E-state index contributed by atoms with van der Waals surface area (Å²) >= 11 is 24.2. The van der Waals surface area contributed by atoms with Gasteiger partial charge in [-0.15, -0.1) is 0 Å². The van der Waals surface area contributed by atoms with Crippen molar-refractivity contribution in [1.29, 1.82) is 0 Å². The first kappa shape index (κ1) is 21.8. The molecule has 0 aliphatic heterocycles. The Morgan fingerprint density at radius 1 is 0.741 bits per heavy atom. The third-order valence-corrected chi connectivity index (χ3v) is 5.09. The Balaban J connectivity index is 1.97. The summed E-state index contributed by atoms with van der Waals surface area (Å²) in [5.74, 6) is -0.752. The van der Waals surface area contributed by atoms with Crippen LogP contribution in [0.25, 0.3) is 0 Å². The minimum absolute atomic E-state index is 0.225. The summed E-state index contributed by atoms with van der Waals surface area (Å²) < 4.78 is 0. The molecular formula is C19H18Cl4N2O2. The summed E-state index contributed by atoms with van der Waals surface area (Å²) in [5, 5.41) is 6.70. The van der Waals surface area contributed by atoms with Crippen molar-refractivity contribution in [2.24, 2.45) is 5.41 Å². The SMILES string of the molecule is CC(C)(CNC(=O)c1c(Cl)cccc1Cl)CNC(=O)c1c(Cl)cccc1Cl. The molecule has 0 saturated carbocycles. The van der Waals surface area contributed by atoms with E-state index >= 15 is 0 Å². The van der Waals surface area contributed by atoms with Crippen LogP contribution in [0, 0.1) is 5.41 Å². The number of benzene rings is 2. The molecule has 0 unspecified atom stereocenters. The fraction of sp³-hybridized carbons (Fsp3) is 0.263. The predicted octanol–water partition coefficient (Wildman–Crippen LogP) is 5.49. The highest BCUT2D eigenvalue weighted by molar-refractivity contribution is 6.40. The minimum Gasteiger partial charge on any atom is -0.351 e. The molecule has 0 aromatic heterocycles. The molecule has 2 aromatic rings. The molecule has 0 heterocycles. The molecule has 2 rings (SSSR count). The Morgan fingerprint density at radius 2 is 1.04 bits per heavy atom. The zero-order valence-electron chi connectivity index (χ0n) is 14.7. The van der Waals surface area contributed by atoms with E-state index in [2.05, 4.69) is 10.6 Å². The van der Waals surface area contributed by atoms with E-state index < -0.39 is 5.41 Å². The molecule has 0 aliphatic rings. The molecule has 2 amide bonds. The van der Waals surface area contributed by atoms with Gasteiger partial charge in [0.15, 0.2) is 0 Å². The number of nitrogens with one attached hydrogen (secondary N) is 2. The van der Waals surface area contributed by atoms with E-state index in [0.717, 1.165) is 0 Å². The molecule has 27 heavy (non-hydrogen) atoms. The molecule has 0 bridgehead atoms. The summed E-state index contributed by atoms with van der Waals surface area (Å²) in [4.78, 5) is 24.8. The van der Waals surface area contributed by atoms with Gasteiger partial charge in [-0.05, 0) is 29.7 Å². The molecule has 144 valence electrons. The van der Waals surface area contributed by atoms with Gasteiger partial charge in [-0.2, -0.15) is 0 Å². The Morgan fingerprint density at radius 3 is 1.33 bits per heavy atom. The van der Waals surface area contributed by atoms with E-state index in [0.29, 0.717) is 13.1 Å². The molecule has 2 aromatic carbocycles. The van der Waals surface area contributed by atoms with Crippen molar-refractivity contribution < 1.29 is 9.59 Å². The van der Waals surface area contributed by atoms with Crippen molar-refractivity contribution in [2.75, 3.05) is 13.1 Å². The molecule has 4 nitrogen and oxygen atoms in total. The van der Waals surface area contributed by atoms with Crippen molar-refractivity contribution in [2.45, 2.75) is 13.8 Å². The second-order valence-corrected chi connectivity index (χ2v) is 8.35. The van der Waals surface area contributed by atoms with Crippen LogP contribution in [0.5, 0.6) is 0 Å². The normalized spacial score (nSPS) is 11.2. The van der Waals surface area contributed by atoms with Crippen LogP contribution in [0.1, 0.15) is 34.6 Å². The summed E-state index contributed by atoms with van der Waals surface area (Å²) in [7, 11) is 0. The lowest BCUT2D eigenvalue weighted by atomic mass is 9.93. The van der Waals surface area contributed by atoms with Crippen LogP contribution >= 0.6 is 46.4 Å². The quantitative estimate of drug-likeness (QED) is 0.615. The fourth-order valence-electron chi connectivity index (χ4n) is 2.31. The second kappa shape index (κ2) is 9.16. The molecule has 0 saturated heterocycles. The molecular weight excluding hydrogens is 430 g/mol. The van der Waals surface area contributed by atoms with Gasteiger partial charge in [-0.25, -0.2) is 0 Å². The first-order valence-electron chi connectivity index (χ1n) is 8.07. The highest BCUT2D eigenvalue weighted by Gasteiger charge is 2.23. The Hall–Kier alpha value is -1.46. The number of rotatable bonds is 6. The van der Waals surface area contributed by atoms with Gasteiger partial charge in [-0.3, -0.25) is 9.59 Å². The van der Waals surface area contributed by atoms with Crippen LogP contribution in [-0.4, -0.2) is 24.9 Å². The molecule has 0 aliphatic carbocycles. The topological polar surface area (TPSA) is 58.2 Å². The summed E-state index contributed by atoms with van der Waals surface area (Å²) in [6, 6.07) is 9.73. The summed E-state index contributed by atoms with van der Waals surface area (Å²) in [6.07, 6.45) is 0. The van der Waals surface area contributed by atoms with Gasteiger partial charge in [-0.1, -0.05) is 72.4 Å². The summed E-state index contributed by atoms with van der Waals surface area (Å²) in [5.41, 5.74) is 0.0132. The van der Waals surface area contributed by atoms with Crippen molar-refractivity contribution in [3.05, 3.63) is 67.6 Å². The highest BCUT2D eigenvalue weighted by Crippen LogP contribution is 2.25. The zero-order valence-corrected chi connectivity index (χ0v) is 17.7. The summed E-state index contributed by atoms with van der Waals surface area (Å²) in [6.45, 7) is 4.39. The predicted molar refractivity (Wildman–Crippen MR) is 111 cm³/mol.